The van der Waals surface area contributed by atoms with Crippen molar-refractivity contribution in [2.45, 2.75) is 58.3 Å². The fraction of sp³-hybridized carbons (Fsp3) is 0.407. The highest BCUT2D eigenvalue weighted by atomic mass is 35.5. The molecule has 2 rings (SSSR count). The van der Waals surface area contributed by atoms with Crippen molar-refractivity contribution in [3.63, 3.8) is 0 Å². The molecule has 36 heavy (non-hydrogen) atoms. The van der Waals surface area contributed by atoms with Gasteiger partial charge in [-0.3, -0.25) is 9.59 Å². The monoisotopic (exact) mass is 515 g/mol. The summed E-state index contributed by atoms with van der Waals surface area (Å²) in [6.07, 6.45) is 9.76. The number of hydrogen-bond acceptors (Lipinski definition) is 6. The molecule has 8 nitrogen and oxygen atoms in total. The summed E-state index contributed by atoms with van der Waals surface area (Å²) >= 11 is 5.84. The van der Waals surface area contributed by atoms with Crippen molar-refractivity contribution < 1.29 is 23.9 Å². The highest BCUT2D eigenvalue weighted by molar-refractivity contribution is 6.30. The van der Waals surface area contributed by atoms with Gasteiger partial charge < -0.3 is 14.8 Å². The van der Waals surface area contributed by atoms with Gasteiger partial charge in [0.25, 0.3) is 5.91 Å². The van der Waals surface area contributed by atoms with Crippen LogP contribution in [-0.4, -0.2) is 37.7 Å². The van der Waals surface area contributed by atoms with E-state index in [0.717, 1.165) is 19.3 Å². The van der Waals surface area contributed by atoms with Gasteiger partial charge in [-0.25, -0.2) is 10.2 Å². The van der Waals surface area contributed by atoms with Crippen molar-refractivity contribution in [3.05, 3.63) is 58.6 Å². The SMILES string of the molecule is CCCCCCCCCC(=O)NCC(=O)N/N=C\c1ccc(OC(=O)c2ccc(Cl)cc2)c(OC)c1. The molecule has 0 fully saturated rings. The molecule has 0 atom stereocenters. The number of benzene rings is 2. The molecule has 2 N–H and O–H groups in total. The lowest BCUT2D eigenvalue weighted by Crippen LogP contribution is -2.34. The van der Waals surface area contributed by atoms with E-state index in [1.807, 2.05) is 0 Å². The Morgan fingerprint density at radius 3 is 2.31 bits per heavy atom. The van der Waals surface area contributed by atoms with Gasteiger partial charge >= 0.3 is 5.97 Å². The van der Waals surface area contributed by atoms with Crippen molar-refractivity contribution in [2.75, 3.05) is 13.7 Å². The van der Waals surface area contributed by atoms with E-state index >= 15 is 0 Å². The largest absolute Gasteiger partial charge is 0.493 e. The lowest BCUT2D eigenvalue weighted by atomic mass is 10.1. The van der Waals surface area contributed by atoms with Crippen LogP contribution in [0, 0.1) is 0 Å². The molecular weight excluding hydrogens is 482 g/mol. The minimum Gasteiger partial charge on any atom is -0.493 e. The Balaban J connectivity index is 1.74. The van der Waals surface area contributed by atoms with Gasteiger partial charge in [0.15, 0.2) is 11.5 Å². The maximum Gasteiger partial charge on any atom is 0.343 e. The Morgan fingerprint density at radius 2 is 1.61 bits per heavy atom. The molecule has 0 bridgehead atoms. The summed E-state index contributed by atoms with van der Waals surface area (Å²) in [5, 5.41) is 7.02. The quantitative estimate of drug-likeness (QED) is 0.110. The van der Waals surface area contributed by atoms with Gasteiger partial charge in [0.1, 0.15) is 0 Å². The second-order valence-corrected chi connectivity index (χ2v) is 8.68. The van der Waals surface area contributed by atoms with Crippen molar-refractivity contribution in [3.8, 4) is 11.5 Å². The molecule has 0 radical (unpaired) electrons. The minimum absolute atomic E-state index is 0.142. The third kappa shape index (κ3) is 10.9. The Hall–Kier alpha value is -3.39. The second kappa shape index (κ2) is 16.3. The Labute approximate surface area is 217 Å². The molecule has 0 spiro atoms. The van der Waals surface area contributed by atoms with E-state index in [-0.39, 0.29) is 18.2 Å². The summed E-state index contributed by atoms with van der Waals surface area (Å²) in [6.45, 7) is 2.04. The van der Waals surface area contributed by atoms with Gasteiger partial charge in [-0.15, -0.1) is 0 Å². The summed E-state index contributed by atoms with van der Waals surface area (Å²) in [6, 6.07) is 11.2. The molecule has 2 aromatic carbocycles. The standard InChI is InChI=1S/C27H34ClN3O5/c1-3-4-5-6-7-8-9-10-25(32)29-19-26(33)31-30-18-20-11-16-23(24(17-20)35-2)36-27(34)21-12-14-22(28)15-13-21/h11-18H,3-10,19H2,1-2H3,(H,29,32)(H,31,33)/b30-18-. The molecule has 0 aliphatic carbocycles. The highest BCUT2D eigenvalue weighted by Gasteiger charge is 2.13. The van der Waals surface area contributed by atoms with Crippen LogP contribution in [0.15, 0.2) is 47.6 Å². The average molecular weight is 516 g/mol. The van der Waals surface area contributed by atoms with E-state index < -0.39 is 11.9 Å². The van der Waals surface area contributed by atoms with Crippen LogP contribution in [0.4, 0.5) is 0 Å². The Morgan fingerprint density at radius 1 is 0.917 bits per heavy atom. The molecule has 9 heteroatoms. The van der Waals surface area contributed by atoms with Gasteiger partial charge in [-0.05, 0) is 54.4 Å². The van der Waals surface area contributed by atoms with Crippen LogP contribution >= 0.6 is 11.6 Å². The predicted molar refractivity (Wildman–Crippen MR) is 141 cm³/mol. The van der Waals surface area contributed by atoms with Crippen LogP contribution in [-0.2, 0) is 9.59 Å². The topological polar surface area (TPSA) is 106 Å². The van der Waals surface area contributed by atoms with E-state index in [1.54, 1.807) is 42.5 Å². The van der Waals surface area contributed by atoms with Crippen LogP contribution in [0.25, 0.3) is 0 Å². The van der Waals surface area contributed by atoms with Gasteiger partial charge in [-0.2, -0.15) is 5.10 Å². The maximum absolute atomic E-state index is 12.3. The zero-order valence-electron chi connectivity index (χ0n) is 20.8. The normalized spacial score (nSPS) is 10.8. The Bertz CT molecular complexity index is 1020. The summed E-state index contributed by atoms with van der Waals surface area (Å²) in [4.78, 5) is 36.1. The van der Waals surface area contributed by atoms with E-state index in [0.29, 0.717) is 28.3 Å². The molecule has 2 amide bonds. The predicted octanol–water partition coefficient (Wildman–Crippen LogP) is 5.27. The number of rotatable bonds is 15. The van der Waals surface area contributed by atoms with Crippen molar-refractivity contribution in [1.29, 1.82) is 0 Å². The van der Waals surface area contributed by atoms with Crippen LogP contribution in [0.5, 0.6) is 11.5 Å². The number of esters is 1. The third-order valence-electron chi connectivity index (χ3n) is 5.33. The number of nitrogens with zero attached hydrogens (tertiary/aromatic N) is 1. The van der Waals surface area contributed by atoms with E-state index in [1.165, 1.54) is 39.0 Å². The zero-order valence-corrected chi connectivity index (χ0v) is 21.6. The lowest BCUT2D eigenvalue weighted by Gasteiger charge is -2.10. The van der Waals surface area contributed by atoms with Crippen LogP contribution < -0.4 is 20.2 Å². The van der Waals surface area contributed by atoms with Crippen molar-refractivity contribution >= 4 is 35.6 Å². The fourth-order valence-corrected chi connectivity index (χ4v) is 3.45. The van der Waals surface area contributed by atoms with E-state index in [4.69, 9.17) is 21.1 Å². The van der Waals surface area contributed by atoms with Crippen molar-refractivity contribution in [1.82, 2.24) is 10.7 Å². The van der Waals surface area contributed by atoms with E-state index in [2.05, 4.69) is 22.8 Å². The molecule has 0 saturated carbocycles. The van der Waals surface area contributed by atoms with Gasteiger partial charge in [-0.1, -0.05) is 57.0 Å². The number of nitrogens with one attached hydrogen (secondary N) is 2. The molecule has 0 heterocycles. The summed E-state index contributed by atoms with van der Waals surface area (Å²) < 4.78 is 10.7. The average Bonchev–Trinajstić information content (AvgIpc) is 2.88. The smallest absolute Gasteiger partial charge is 0.343 e. The number of carbonyl (C=O) groups excluding carboxylic acids is 3. The lowest BCUT2D eigenvalue weighted by molar-refractivity contribution is -0.126. The number of amides is 2. The molecule has 0 aliphatic rings. The van der Waals surface area contributed by atoms with Crippen LogP contribution in [0.2, 0.25) is 5.02 Å². The number of halogens is 1. The molecule has 194 valence electrons. The second-order valence-electron chi connectivity index (χ2n) is 8.25. The molecular formula is C27H34ClN3O5. The van der Waals surface area contributed by atoms with Crippen LogP contribution in [0.1, 0.15) is 74.2 Å². The Kier molecular flexibility index (Phi) is 13.1. The number of methoxy groups -OCH3 is 1. The van der Waals surface area contributed by atoms with Gasteiger partial charge in [0.05, 0.1) is 25.4 Å². The highest BCUT2D eigenvalue weighted by Crippen LogP contribution is 2.28. The molecule has 0 aromatic heterocycles. The minimum atomic E-state index is -0.548. The molecule has 0 saturated heterocycles. The number of hydrazone groups is 1. The number of hydrogen-bond donors (Lipinski definition) is 2. The first-order valence-corrected chi connectivity index (χ1v) is 12.5. The molecule has 0 aliphatic heterocycles. The summed E-state index contributed by atoms with van der Waals surface area (Å²) in [5.74, 6) is -0.559. The van der Waals surface area contributed by atoms with Gasteiger partial charge in [0.2, 0.25) is 5.91 Å². The van der Waals surface area contributed by atoms with Gasteiger partial charge in [0, 0.05) is 11.4 Å². The summed E-state index contributed by atoms with van der Waals surface area (Å²) in [5.41, 5.74) is 3.34. The third-order valence-corrected chi connectivity index (χ3v) is 5.58. The first kappa shape index (κ1) is 28.8. The fourth-order valence-electron chi connectivity index (χ4n) is 3.32. The molecule has 0 unspecified atom stereocenters. The first-order valence-electron chi connectivity index (χ1n) is 12.2. The van der Waals surface area contributed by atoms with Crippen molar-refractivity contribution in [2.24, 2.45) is 5.10 Å². The van der Waals surface area contributed by atoms with E-state index in [9.17, 15) is 14.4 Å². The first-order chi connectivity index (χ1) is 17.4. The summed E-state index contributed by atoms with van der Waals surface area (Å²) in [7, 11) is 1.45. The number of unbranched alkanes of at least 4 members (excludes halogenated alkanes) is 6. The number of ether oxygens (including phenoxy) is 2. The molecule has 2 aromatic rings. The zero-order chi connectivity index (χ0) is 26.2. The van der Waals surface area contributed by atoms with Crippen LogP contribution in [0.3, 0.4) is 0 Å². The number of carbonyl (C=O) groups is 3. The maximum atomic E-state index is 12.3.